The van der Waals surface area contributed by atoms with E-state index in [0.717, 1.165) is 55.0 Å². The van der Waals surface area contributed by atoms with Crippen molar-refractivity contribution in [3.05, 3.63) is 52.7 Å². The highest BCUT2D eigenvalue weighted by Crippen LogP contribution is 2.66. The standard InChI is InChI=1S/C31H34N2O8/c1-17(41-27(34)18-12-23(37-3)25-24(13-18)39-16-40-25)30-8-5-10-33-11-9-31(29(30)33)21-7-6-19(36-2)14-22(21)32-26(31)20(15-30)28(35)38-4/h6-7,12-14,17,29,32H,5,8-11,15-16H2,1-4H3/t17-,29+,30+,31+/m1/s1. The fourth-order valence-corrected chi connectivity index (χ4v) is 8.22. The Morgan fingerprint density at radius 1 is 1.05 bits per heavy atom. The summed E-state index contributed by atoms with van der Waals surface area (Å²) in [6, 6.07) is 9.37. The van der Waals surface area contributed by atoms with Crippen molar-refractivity contribution in [1.29, 1.82) is 0 Å². The largest absolute Gasteiger partial charge is 0.497 e. The van der Waals surface area contributed by atoms with Crippen LogP contribution in [0, 0.1) is 5.41 Å². The molecule has 4 aliphatic heterocycles. The van der Waals surface area contributed by atoms with E-state index in [4.69, 9.17) is 28.4 Å². The van der Waals surface area contributed by atoms with Crippen LogP contribution in [0.4, 0.5) is 5.69 Å². The van der Waals surface area contributed by atoms with Crippen LogP contribution < -0.4 is 24.3 Å². The number of hydrogen-bond donors (Lipinski definition) is 1. The number of benzene rings is 2. The Morgan fingerprint density at radius 3 is 2.68 bits per heavy atom. The molecule has 0 saturated carbocycles. The van der Waals surface area contributed by atoms with E-state index in [0.29, 0.717) is 34.8 Å². The number of methoxy groups -OCH3 is 3. The number of rotatable bonds is 6. The maximum atomic E-state index is 13.7. The number of carbonyl (C=O) groups is 2. The molecule has 10 nitrogen and oxygen atoms in total. The normalized spacial score (nSPS) is 27.8. The number of esters is 2. The summed E-state index contributed by atoms with van der Waals surface area (Å²) in [5.41, 5.74) is 2.98. The van der Waals surface area contributed by atoms with Gasteiger partial charge in [-0.1, -0.05) is 6.07 Å². The Labute approximate surface area is 238 Å². The van der Waals surface area contributed by atoms with Gasteiger partial charge >= 0.3 is 11.9 Å². The van der Waals surface area contributed by atoms with Gasteiger partial charge in [0.2, 0.25) is 12.5 Å². The molecule has 2 fully saturated rings. The van der Waals surface area contributed by atoms with E-state index in [1.807, 2.05) is 19.1 Å². The second kappa shape index (κ2) is 9.30. The molecule has 7 rings (SSSR count). The number of anilines is 1. The molecule has 0 amide bonds. The molecule has 5 aliphatic rings. The van der Waals surface area contributed by atoms with E-state index in [-0.39, 0.29) is 18.8 Å². The molecule has 41 heavy (non-hydrogen) atoms. The van der Waals surface area contributed by atoms with Crippen molar-refractivity contribution in [2.45, 2.75) is 50.2 Å². The molecule has 1 spiro atoms. The van der Waals surface area contributed by atoms with Gasteiger partial charge in [0.05, 0.1) is 37.9 Å². The van der Waals surface area contributed by atoms with Gasteiger partial charge in [0.1, 0.15) is 11.9 Å². The van der Waals surface area contributed by atoms with E-state index in [9.17, 15) is 9.59 Å². The molecule has 4 atom stereocenters. The van der Waals surface area contributed by atoms with Gasteiger partial charge < -0.3 is 33.7 Å². The Balaban J connectivity index is 1.32. The maximum absolute atomic E-state index is 13.7. The van der Waals surface area contributed by atoms with Crippen LogP contribution in [0.1, 0.15) is 48.5 Å². The lowest BCUT2D eigenvalue weighted by Gasteiger charge is -2.57. The van der Waals surface area contributed by atoms with Crippen molar-refractivity contribution in [2.24, 2.45) is 5.41 Å². The number of carbonyl (C=O) groups excluding carboxylic acids is 2. The Morgan fingerprint density at radius 2 is 1.90 bits per heavy atom. The minimum atomic E-state index is -0.513. The smallest absolute Gasteiger partial charge is 0.338 e. The summed E-state index contributed by atoms with van der Waals surface area (Å²) in [4.78, 5) is 29.6. The average Bonchev–Trinajstić information content (AvgIpc) is 3.72. The lowest BCUT2D eigenvalue weighted by atomic mass is 9.53. The van der Waals surface area contributed by atoms with E-state index >= 15 is 0 Å². The molecule has 4 heterocycles. The highest BCUT2D eigenvalue weighted by molar-refractivity contribution is 5.94. The zero-order chi connectivity index (χ0) is 28.5. The van der Waals surface area contributed by atoms with Crippen molar-refractivity contribution in [3.8, 4) is 23.0 Å². The molecular weight excluding hydrogens is 528 g/mol. The van der Waals surface area contributed by atoms with Gasteiger partial charge in [-0.15, -0.1) is 0 Å². The van der Waals surface area contributed by atoms with Crippen molar-refractivity contribution in [1.82, 2.24) is 4.90 Å². The molecule has 2 saturated heterocycles. The molecule has 1 N–H and O–H groups in total. The summed E-state index contributed by atoms with van der Waals surface area (Å²) in [5.74, 6) is 1.26. The van der Waals surface area contributed by atoms with Gasteiger partial charge in [0, 0.05) is 28.9 Å². The quantitative estimate of drug-likeness (QED) is 0.519. The van der Waals surface area contributed by atoms with Crippen LogP contribution in [0.2, 0.25) is 0 Å². The summed E-state index contributed by atoms with van der Waals surface area (Å²) < 4.78 is 33.7. The number of nitrogens with zero attached hydrogens (tertiary/aromatic N) is 1. The van der Waals surface area contributed by atoms with Crippen molar-refractivity contribution >= 4 is 17.6 Å². The highest BCUT2D eigenvalue weighted by atomic mass is 16.7. The lowest BCUT2D eigenvalue weighted by Crippen LogP contribution is -2.64. The summed E-state index contributed by atoms with van der Waals surface area (Å²) in [7, 11) is 4.59. The molecule has 10 heteroatoms. The SMILES string of the molecule is COC(=O)C1=C2Nc3cc(OC)ccc3[C@@]23CCN2CCC[C@@]([C@@H](C)OC(=O)c4cc(OC)c5c(c4)OCO5)(C1)[C@H]23. The number of hydrogen-bond acceptors (Lipinski definition) is 10. The van der Waals surface area contributed by atoms with Gasteiger partial charge in [-0.2, -0.15) is 0 Å². The summed E-state index contributed by atoms with van der Waals surface area (Å²) in [6.07, 6.45) is 2.54. The van der Waals surface area contributed by atoms with Crippen LogP contribution in [0.25, 0.3) is 0 Å². The third-order valence-corrected chi connectivity index (χ3v) is 9.90. The van der Waals surface area contributed by atoms with Crippen molar-refractivity contribution in [3.63, 3.8) is 0 Å². The minimum Gasteiger partial charge on any atom is -0.497 e. The third-order valence-electron chi connectivity index (χ3n) is 9.90. The summed E-state index contributed by atoms with van der Waals surface area (Å²) in [6.45, 7) is 3.88. The molecule has 216 valence electrons. The van der Waals surface area contributed by atoms with Crippen LogP contribution in [0.3, 0.4) is 0 Å². The molecule has 0 bridgehead atoms. The van der Waals surface area contributed by atoms with Crippen LogP contribution in [-0.2, 0) is 19.7 Å². The average molecular weight is 563 g/mol. The number of ether oxygens (including phenoxy) is 6. The summed E-state index contributed by atoms with van der Waals surface area (Å²) in [5, 5.41) is 3.61. The van der Waals surface area contributed by atoms with Crippen LogP contribution in [0.15, 0.2) is 41.6 Å². The molecule has 0 radical (unpaired) electrons. The third kappa shape index (κ3) is 3.52. The first-order valence-corrected chi connectivity index (χ1v) is 14.1. The number of nitrogens with one attached hydrogen (secondary N) is 1. The van der Waals surface area contributed by atoms with E-state index in [1.165, 1.54) is 14.2 Å². The molecule has 0 unspecified atom stereocenters. The molecule has 0 aromatic heterocycles. The van der Waals surface area contributed by atoms with Crippen LogP contribution in [-0.4, -0.2) is 70.2 Å². The Bertz CT molecular complexity index is 1490. The van der Waals surface area contributed by atoms with E-state index < -0.39 is 22.9 Å². The van der Waals surface area contributed by atoms with E-state index in [1.54, 1.807) is 19.2 Å². The minimum absolute atomic E-state index is 0.0309. The number of fused-ring (bicyclic) bond motifs is 2. The topological polar surface area (TPSA) is 105 Å². The number of piperidine rings is 1. The zero-order valence-electron chi connectivity index (χ0n) is 23.7. The van der Waals surface area contributed by atoms with Crippen molar-refractivity contribution < 1.29 is 38.0 Å². The monoisotopic (exact) mass is 562 g/mol. The second-order valence-electron chi connectivity index (χ2n) is 11.5. The summed E-state index contributed by atoms with van der Waals surface area (Å²) >= 11 is 0. The lowest BCUT2D eigenvalue weighted by molar-refractivity contribution is -0.138. The first-order chi connectivity index (χ1) is 19.9. The Kier molecular flexibility index (Phi) is 5.90. The van der Waals surface area contributed by atoms with Crippen LogP contribution in [0.5, 0.6) is 23.0 Å². The molecule has 2 aromatic carbocycles. The van der Waals surface area contributed by atoms with Gasteiger partial charge in [0.25, 0.3) is 0 Å². The highest BCUT2D eigenvalue weighted by Gasteiger charge is 2.68. The Hall–Kier alpha value is -3.92. The van der Waals surface area contributed by atoms with Gasteiger partial charge in [0.15, 0.2) is 11.5 Å². The molecule has 1 aliphatic carbocycles. The zero-order valence-corrected chi connectivity index (χ0v) is 23.7. The van der Waals surface area contributed by atoms with Gasteiger partial charge in [-0.05, 0) is 69.5 Å². The van der Waals surface area contributed by atoms with Gasteiger partial charge in [-0.3, -0.25) is 4.90 Å². The fourth-order valence-electron chi connectivity index (χ4n) is 8.22. The van der Waals surface area contributed by atoms with Crippen LogP contribution >= 0.6 is 0 Å². The maximum Gasteiger partial charge on any atom is 0.338 e. The molecule has 2 aromatic rings. The van der Waals surface area contributed by atoms with Gasteiger partial charge in [-0.25, -0.2) is 9.59 Å². The predicted octanol–water partition coefficient (Wildman–Crippen LogP) is 4.03. The second-order valence-corrected chi connectivity index (χ2v) is 11.5. The fraction of sp³-hybridized carbons (Fsp3) is 0.484. The first-order valence-electron chi connectivity index (χ1n) is 14.1. The first kappa shape index (κ1) is 26.0. The predicted molar refractivity (Wildman–Crippen MR) is 148 cm³/mol. The van der Waals surface area contributed by atoms with E-state index in [2.05, 4.69) is 16.3 Å². The molecular formula is C31H34N2O8. The van der Waals surface area contributed by atoms with Crippen molar-refractivity contribution in [2.75, 3.05) is 46.5 Å².